The zero-order chi connectivity index (χ0) is 14.1. The van der Waals surface area contributed by atoms with E-state index in [1.54, 1.807) is 0 Å². The Hall–Kier alpha value is -1.51. The van der Waals surface area contributed by atoms with Crippen LogP contribution in [0, 0.1) is 0 Å². The molecule has 0 radical (unpaired) electrons. The van der Waals surface area contributed by atoms with Crippen molar-refractivity contribution in [2.75, 3.05) is 11.9 Å². The Bertz CT molecular complexity index is 381. The average molecular weight is 261 g/mol. The molecular formula is C16H27N3. The molecule has 0 bridgehead atoms. The molecule has 0 aliphatic heterocycles. The second-order valence-electron chi connectivity index (χ2n) is 5.03. The summed E-state index contributed by atoms with van der Waals surface area (Å²) in [6.07, 6.45) is 4.68. The quantitative estimate of drug-likeness (QED) is 0.441. The molecule has 1 rings (SSSR count). The number of hydrogen-bond acceptors (Lipinski definition) is 1. The fraction of sp³-hybridized carbons (Fsp3) is 0.562. The Labute approximate surface area is 117 Å². The van der Waals surface area contributed by atoms with Crippen molar-refractivity contribution >= 4 is 11.6 Å². The van der Waals surface area contributed by atoms with Gasteiger partial charge in [-0.25, -0.2) is 0 Å². The third-order valence-corrected chi connectivity index (χ3v) is 3.41. The van der Waals surface area contributed by atoms with Crippen LogP contribution in [-0.4, -0.2) is 12.5 Å². The summed E-state index contributed by atoms with van der Waals surface area (Å²) in [4.78, 5) is 4.31. The molecule has 1 atom stereocenters. The highest BCUT2D eigenvalue weighted by molar-refractivity contribution is 5.92. The van der Waals surface area contributed by atoms with Crippen LogP contribution in [0.25, 0.3) is 0 Å². The van der Waals surface area contributed by atoms with Crippen molar-refractivity contribution in [3.63, 3.8) is 0 Å². The van der Waals surface area contributed by atoms with Crippen molar-refractivity contribution in [3.05, 3.63) is 29.8 Å². The lowest BCUT2D eigenvalue weighted by Gasteiger charge is -2.10. The highest BCUT2D eigenvalue weighted by Crippen LogP contribution is 2.20. The lowest BCUT2D eigenvalue weighted by atomic mass is 9.99. The minimum Gasteiger partial charge on any atom is -0.370 e. The van der Waals surface area contributed by atoms with E-state index in [0.717, 1.165) is 25.1 Å². The first kappa shape index (κ1) is 15.5. The Morgan fingerprint density at radius 2 is 1.89 bits per heavy atom. The number of unbranched alkanes of at least 4 members (excludes halogenated alkanes) is 2. The van der Waals surface area contributed by atoms with Crippen LogP contribution in [0.4, 0.5) is 5.69 Å². The lowest BCUT2D eigenvalue weighted by Crippen LogP contribution is -2.22. The molecule has 0 aromatic heterocycles. The number of nitrogens with two attached hydrogens (primary N) is 1. The van der Waals surface area contributed by atoms with Gasteiger partial charge in [0.2, 0.25) is 0 Å². The van der Waals surface area contributed by atoms with Gasteiger partial charge in [0, 0.05) is 12.2 Å². The van der Waals surface area contributed by atoms with Crippen LogP contribution in [0.2, 0.25) is 0 Å². The molecule has 19 heavy (non-hydrogen) atoms. The second-order valence-corrected chi connectivity index (χ2v) is 5.03. The van der Waals surface area contributed by atoms with Crippen molar-refractivity contribution in [3.8, 4) is 0 Å². The molecule has 0 spiro atoms. The molecule has 3 nitrogen and oxygen atoms in total. The van der Waals surface area contributed by atoms with Gasteiger partial charge in [-0.05, 0) is 36.5 Å². The third kappa shape index (κ3) is 5.77. The largest absolute Gasteiger partial charge is 0.370 e. The van der Waals surface area contributed by atoms with Gasteiger partial charge in [0.1, 0.15) is 0 Å². The molecule has 0 saturated heterocycles. The molecule has 0 aliphatic rings. The molecule has 1 aromatic rings. The summed E-state index contributed by atoms with van der Waals surface area (Å²) in [6.45, 7) is 7.44. The van der Waals surface area contributed by atoms with Crippen LogP contribution in [0.5, 0.6) is 0 Å². The van der Waals surface area contributed by atoms with E-state index in [4.69, 9.17) is 5.73 Å². The monoisotopic (exact) mass is 261 g/mol. The summed E-state index contributed by atoms with van der Waals surface area (Å²) in [7, 11) is 0. The first-order chi connectivity index (χ1) is 9.17. The van der Waals surface area contributed by atoms with E-state index in [0.29, 0.717) is 11.9 Å². The fourth-order valence-electron chi connectivity index (χ4n) is 1.88. The van der Waals surface area contributed by atoms with Crippen molar-refractivity contribution in [1.82, 2.24) is 0 Å². The molecule has 0 amide bonds. The van der Waals surface area contributed by atoms with Crippen molar-refractivity contribution in [2.24, 2.45) is 10.7 Å². The molecule has 1 aromatic carbocycles. The maximum Gasteiger partial charge on any atom is 0.193 e. The van der Waals surface area contributed by atoms with Crippen LogP contribution >= 0.6 is 0 Å². The van der Waals surface area contributed by atoms with Gasteiger partial charge in [0.05, 0.1) is 0 Å². The zero-order valence-electron chi connectivity index (χ0n) is 12.4. The second kappa shape index (κ2) is 8.57. The molecule has 0 fully saturated rings. The standard InChI is InChI=1S/C16H27N3/c1-4-6-7-12-18-16(17)19-15-10-8-14(9-11-15)13(3)5-2/h8-11,13H,4-7,12H2,1-3H3,(H3,17,18,19). The maximum atomic E-state index is 5.85. The van der Waals surface area contributed by atoms with Gasteiger partial charge < -0.3 is 11.1 Å². The predicted molar refractivity (Wildman–Crippen MR) is 84.8 cm³/mol. The number of rotatable bonds is 7. The Morgan fingerprint density at radius 3 is 2.47 bits per heavy atom. The van der Waals surface area contributed by atoms with Crippen LogP contribution in [0.15, 0.2) is 29.3 Å². The summed E-state index contributed by atoms with van der Waals surface area (Å²) < 4.78 is 0. The van der Waals surface area contributed by atoms with Gasteiger partial charge in [0.15, 0.2) is 5.96 Å². The Balaban J connectivity index is 2.48. The van der Waals surface area contributed by atoms with E-state index in [1.165, 1.54) is 18.4 Å². The first-order valence-electron chi connectivity index (χ1n) is 7.34. The topological polar surface area (TPSA) is 50.4 Å². The van der Waals surface area contributed by atoms with Crippen molar-refractivity contribution in [2.45, 2.75) is 52.4 Å². The third-order valence-electron chi connectivity index (χ3n) is 3.41. The van der Waals surface area contributed by atoms with Gasteiger partial charge >= 0.3 is 0 Å². The number of benzene rings is 1. The first-order valence-corrected chi connectivity index (χ1v) is 7.34. The van der Waals surface area contributed by atoms with E-state index >= 15 is 0 Å². The minimum absolute atomic E-state index is 0.507. The van der Waals surface area contributed by atoms with Gasteiger partial charge in [-0.2, -0.15) is 0 Å². The van der Waals surface area contributed by atoms with E-state index in [9.17, 15) is 0 Å². The number of nitrogens with zero attached hydrogens (tertiary/aromatic N) is 1. The van der Waals surface area contributed by atoms with Crippen LogP contribution in [0.1, 0.15) is 57.9 Å². The Morgan fingerprint density at radius 1 is 1.21 bits per heavy atom. The van der Waals surface area contributed by atoms with Crippen molar-refractivity contribution < 1.29 is 0 Å². The molecule has 0 aliphatic carbocycles. The fourth-order valence-corrected chi connectivity index (χ4v) is 1.88. The summed E-state index contributed by atoms with van der Waals surface area (Å²) in [5.41, 5.74) is 8.22. The maximum absolute atomic E-state index is 5.85. The van der Waals surface area contributed by atoms with Gasteiger partial charge in [-0.3, -0.25) is 4.99 Å². The number of guanidine groups is 1. The van der Waals surface area contributed by atoms with E-state index in [-0.39, 0.29) is 0 Å². The number of aliphatic imine (C=N–C) groups is 1. The smallest absolute Gasteiger partial charge is 0.193 e. The highest BCUT2D eigenvalue weighted by Gasteiger charge is 2.02. The Kier molecular flexibility index (Phi) is 7.01. The summed E-state index contributed by atoms with van der Waals surface area (Å²) >= 11 is 0. The molecule has 106 valence electrons. The predicted octanol–water partition coefficient (Wildman–Crippen LogP) is 4.12. The minimum atomic E-state index is 0.507. The number of nitrogens with one attached hydrogen (secondary N) is 1. The summed E-state index contributed by atoms with van der Waals surface area (Å²) in [5.74, 6) is 1.11. The molecule has 0 heterocycles. The summed E-state index contributed by atoms with van der Waals surface area (Å²) in [5, 5.41) is 3.13. The molecular weight excluding hydrogens is 234 g/mol. The van der Waals surface area contributed by atoms with Gasteiger partial charge in [0.25, 0.3) is 0 Å². The van der Waals surface area contributed by atoms with Crippen LogP contribution < -0.4 is 11.1 Å². The van der Waals surface area contributed by atoms with E-state index < -0.39 is 0 Å². The van der Waals surface area contributed by atoms with Crippen LogP contribution in [0.3, 0.4) is 0 Å². The van der Waals surface area contributed by atoms with Crippen LogP contribution in [-0.2, 0) is 0 Å². The van der Waals surface area contributed by atoms with Gasteiger partial charge in [-0.15, -0.1) is 0 Å². The number of anilines is 1. The molecule has 0 saturated carbocycles. The summed E-state index contributed by atoms with van der Waals surface area (Å²) in [6, 6.07) is 8.44. The van der Waals surface area contributed by atoms with Crippen molar-refractivity contribution in [1.29, 1.82) is 0 Å². The number of hydrogen-bond donors (Lipinski definition) is 2. The van der Waals surface area contributed by atoms with Gasteiger partial charge in [-0.1, -0.05) is 45.7 Å². The average Bonchev–Trinajstić information content (AvgIpc) is 2.43. The molecule has 3 heteroatoms. The highest BCUT2D eigenvalue weighted by atomic mass is 15.1. The SMILES string of the molecule is CCCCCN=C(N)Nc1ccc(C(C)CC)cc1. The lowest BCUT2D eigenvalue weighted by molar-refractivity contribution is 0.727. The zero-order valence-corrected chi connectivity index (χ0v) is 12.4. The van der Waals surface area contributed by atoms with E-state index in [2.05, 4.69) is 55.3 Å². The molecule has 3 N–H and O–H groups in total. The molecule has 1 unspecified atom stereocenters. The van der Waals surface area contributed by atoms with E-state index in [1.807, 2.05) is 0 Å². The normalized spacial score (nSPS) is 13.3.